The fourth-order valence-electron chi connectivity index (χ4n) is 4.60. The van der Waals surface area contributed by atoms with Crippen LogP contribution in [0.2, 0.25) is 0 Å². The molecule has 2 saturated heterocycles. The van der Waals surface area contributed by atoms with Crippen molar-refractivity contribution in [3.63, 3.8) is 0 Å². The Morgan fingerprint density at radius 3 is 2.00 bits per heavy atom. The van der Waals surface area contributed by atoms with Gasteiger partial charge >= 0.3 is 0 Å². The minimum absolute atomic E-state index is 0.0295. The summed E-state index contributed by atoms with van der Waals surface area (Å²) in [6, 6.07) is 0. The minimum Gasteiger partial charge on any atom is -0.390 e. The molecule has 1 N–H and O–H groups in total. The summed E-state index contributed by atoms with van der Waals surface area (Å²) in [6.45, 7) is 2.44. The number of ether oxygens (including phenoxy) is 2. The summed E-state index contributed by atoms with van der Waals surface area (Å²) >= 11 is 0. The van der Waals surface area contributed by atoms with Crippen LogP contribution in [0, 0.1) is 10.8 Å². The molecule has 0 aromatic rings. The zero-order valence-corrected chi connectivity index (χ0v) is 13.6. The Labute approximate surface area is 133 Å². The van der Waals surface area contributed by atoms with E-state index in [1.165, 1.54) is 51.4 Å². The first-order valence-corrected chi connectivity index (χ1v) is 9.04. The number of hydrogen-bond acceptors (Lipinski definition) is 4. The van der Waals surface area contributed by atoms with Crippen LogP contribution in [0.1, 0.15) is 64.2 Å². The molecule has 22 heavy (non-hydrogen) atoms. The number of rotatable bonds is 0. The topological polar surface area (TPSA) is 55.8 Å². The Morgan fingerprint density at radius 1 is 0.864 bits per heavy atom. The maximum absolute atomic E-state index is 11.4. The molecule has 1 unspecified atom stereocenters. The standard InChI is InChI=1S/C9H16O2.C9H14O2/c2*10-8-6-11-7-9(8)4-2-1-3-5-9/h8,10H,1-7H2;1-7H2. The van der Waals surface area contributed by atoms with Gasteiger partial charge in [-0.25, -0.2) is 0 Å². The van der Waals surface area contributed by atoms with Crippen molar-refractivity contribution in [1.82, 2.24) is 0 Å². The number of carbonyl (C=O) groups is 1. The number of carbonyl (C=O) groups excluding carboxylic acids is 1. The molecule has 4 heteroatoms. The van der Waals surface area contributed by atoms with Crippen LogP contribution in [0.3, 0.4) is 0 Å². The molecule has 2 spiro atoms. The summed E-state index contributed by atoms with van der Waals surface area (Å²) in [6.07, 6.45) is 12.0. The highest BCUT2D eigenvalue weighted by Gasteiger charge is 2.44. The Morgan fingerprint density at radius 2 is 1.50 bits per heavy atom. The molecule has 0 radical (unpaired) electrons. The van der Waals surface area contributed by atoms with Gasteiger partial charge in [0.2, 0.25) is 0 Å². The first-order valence-electron chi connectivity index (χ1n) is 9.04. The largest absolute Gasteiger partial charge is 0.390 e. The average Bonchev–Trinajstić information content (AvgIpc) is 3.07. The van der Waals surface area contributed by atoms with E-state index in [0.29, 0.717) is 25.6 Å². The SMILES string of the molecule is O=C1COCC12CCCCC2.OC1COCC12CCCCC2. The summed E-state index contributed by atoms with van der Waals surface area (Å²) in [7, 11) is 0. The van der Waals surface area contributed by atoms with Gasteiger partial charge < -0.3 is 14.6 Å². The fraction of sp³-hybridized carbons (Fsp3) is 0.944. The molecule has 0 aromatic carbocycles. The molecule has 0 amide bonds. The lowest BCUT2D eigenvalue weighted by molar-refractivity contribution is -0.126. The second-order valence-corrected chi connectivity index (χ2v) is 7.71. The number of ketones is 1. The first kappa shape index (κ1) is 16.4. The van der Waals surface area contributed by atoms with E-state index in [9.17, 15) is 9.90 Å². The van der Waals surface area contributed by atoms with E-state index in [0.717, 1.165) is 19.4 Å². The lowest BCUT2D eigenvalue weighted by atomic mass is 9.72. The zero-order valence-electron chi connectivity index (χ0n) is 13.6. The molecule has 2 aliphatic carbocycles. The van der Waals surface area contributed by atoms with Gasteiger partial charge in [-0.3, -0.25) is 4.79 Å². The van der Waals surface area contributed by atoms with Crippen LogP contribution in [-0.4, -0.2) is 43.4 Å². The van der Waals surface area contributed by atoms with Gasteiger partial charge in [-0.1, -0.05) is 38.5 Å². The van der Waals surface area contributed by atoms with E-state index < -0.39 is 0 Å². The Balaban J connectivity index is 0.000000131. The first-order chi connectivity index (χ1) is 10.7. The van der Waals surface area contributed by atoms with Crippen molar-refractivity contribution < 1.29 is 19.4 Å². The van der Waals surface area contributed by atoms with Crippen molar-refractivity contribution in [3.8, 4) is 0 Å². The van der Waals surface area contributed by atoms with Gasteiger partial charge in [-0.2, -0.15) is 0 Å². The minimum atomic E-state index is -0.178. The van der Waals surface area contributed by atoms with Gasteiger partial charge in [-0.05, 0) is 25.7 Å². The monoisotopic (exact) mass is 310 g/mol. The second kappa shape index (κ2) is 6.98. The van der Waals surface area contributed by atoms with Crippen molar-refractivity contribution in [3.05, 3.63) is 0 Å². The summed E-state index contributed by atoms with van der Waals surface area (Å²) < 4.78 is 10.5. The van der Waals surface area contributed by atoms with Crippen LogP contribution in [0.25, 0.3) is 0 Å². The molecular formula is C18H30O4. The maximum Gasteiger partial charge on any atom is 0.166 e. The highest BCUT2D eigenvalue weighted by atomic mass is 16.5. The molecule has 1 atom stereocenters. The van der Waals surface area contributed by atoms with E-state index in [1.807, 2.05) is 0 Å². The highest BCUT2D eigenvalue weighted by molar-refractivity contribution is 5.87. The third-order valence-corrected chi connectivity index (χ3v) is 6.24. The summed E-state index contributed by atoms with van der Waals surface area (Å²) in [4.78, 5) is 11.4. The smallest absolute Gasteiger partial charge is 0.166 e. The van der Waals surface area contributed by atoms with Crippen LogP contribution < -0.4 is 0 Å². The van der Waals surface area contributed by atoms with Gasteiger partial charge in [0.1, 0.15) is 6.61 Å². The van der Waals surface area contributed by atoms with Gasteiger partial charge in [0.15, 0.2) is 5.78 Å². The van der Waals surface area contributed by atoms with Crippen molar-refractivity contribution >= 4 is 5.78 Å². The second-order valence-electron chi connectivity index (χ2n) is 7.71. The van der Waals surface area contributed by atoms with Crippen LogP contribution in [0.15, 0.2) is 0 Å². The molecular weight excluding hydrogens is 280 g/mol. The normalized spacial score (nSPS) is 33.0. The number of aliphatic hydroxyl groups excluding tert-OH is 1. The summed E-state index contributed by atoms with van der Waals surface area (Å²) in [5, 5.41) is 9.68. The third kappa shape index (κ3) is 3.24. The van der Waals surface area contributed by atoms with E-state index >= 15 is 0 Å². The van der Waals surface area contributed by atoms with Crippen LogP contribution in [0.5, 0.6) is 0 Å². The van der Waals surface area contributed by atoms with Crippen molar-refractivity contribution in [2.45, 2.75) is 70.3 Å². The Bertz CT molecular complexity index is 381. The van der Waals surface area contributed by atoms with Gasteiger partial charge in [0.25, 0.3) is 0 Å². The number of aliphatic hydroxyl groups is 1. The molecule has 2 aliphatic heterocycles. The fourth-order valence-corrected chi connectivity index (χ4v) is 4.60. The van der Waals surface area contributed by atoms with Crippen molar-refractivity contribution in [2.75, 3.05) is 26.4 Å². The quantitative estimate of drug-likeness (QED) is 0.747. The maximum atomic E-state index is 11.4. The summed E-state index contributed by atoms with van der Waals surface area (Å²) in [5.74, 6) is 0.359. The number of hydrogen-bond donors (Lipinski definition) is 1. The predicted molar refractivity (Wildman–Crippen MR) is 83.7 cm³/mol. The summed E-state index contributed by atoms with van der Waals surface area (Å²) in [5.41, 5.74) is 0.135. The van der Waals surface area contributed by atoms with E-state index in [4.69, 9.17) is 9.47 Å². The average molecular weight is 310 g/mol. The van der Waals surface area contributed by atoms with Crippen LogP contribution >= 0.6 is 0 Å². The highest BCUT2D eigenvalue weighted by Crippen LogP contribution is 2.42. The molecule has 2 heterocycles. The lowest BCUT2D eigenvalue weighted by Crippen LogP contribution is -2.35. The van der Waals surface area contributed by atoms with Crippen molar-refractivity contribution in [2.24, 2.45) is 10.8 Å². The zero-order chi connectivity index (χ0) is 15.5. The molecule has 126 valence electrons. The van der Waals surface area contributed by atoms with E-state index in [1.54, 1.807) is 0 Å². The molecule has 4 nitrogen and oxygen atoms in total. The van der Waals surface area contributed by atoms with Crippen LogP contribution in [0.4, 0.5) is 0 Å². The predicted octanol–water partition coefficient (Wildman–Crippen LogP) is 2.86. The molecule has 4 fully saturated rings. The van der Waals surface area contributed by atoms with Gasteiger partial charge in [0.05, 0.1) is 31.3 Å². The van der Waals surface area contributed by atoms with Gasteiger partial charge in [-0.15, -0.1) is 0 Å². The number of Topliss-reactive ketones (excluding diaryl/α,β-unsaturated/α-hetero) is 1. The molecule has 0 bridgehead atoms. The Hall–Kier alpha value is -0.450. The van der Waals surface area contributed by atoms with Gasteiger partial charge in [0, 0.05) is 5.41 Å². The molecule has 0 aromatic heterocycles. The molecule has 4 aliphatic rings. The Kier molecular flexibility index (Phi) is 5.20. The third-order valence-electron chi connectivity index (χ3n) is 6.24. The lowest BCUT2D eigenvalue weighted by Gasteiger charge is -2.34. The molecule has 4 rings (SSSR count). The van der Waals surface area contributed by atoms with Crippen LogP contribution in [-0.2, 0) is 14.3 Å². The van der Waals surface area contributed by atoms with Crippen molar-refractivity contribution in [1.29, 1.82) is 0 Å². The molecule has 2 saturated carbocycles. The van der Waals surface area contributed by atoms with E-state index in [2.05, 4.69) is 0 Å². The van der Waals surface area contributed by atoms with E-state index in [-0.39, 0.29) is 16.9 Å².